The molecule has 2 rings (SSSR count). The molecule has 0 unspecified atom stereocenters. The van der Waals surface area contributed by atoms with E-state index in [1.807, 2.05) is 31.5 Å². The predicted molar refractivity (Wildman–Crippen MR) is 95.0 cm³/mol. The summed E-state index contributed by atoms with van der Waals surface area (Å²) in [6.45, 7) is 11.7. The molecule has 1 aromatic rings. The molecule has 24 heavy (non-hydrogen) atoms. The number of aliphatic hydroxyl groups is 1. The van der Waals surface area contributed by atoms with Gasteiger partial charge in [-0.3, -0.25) is 14.6 Å². The fourth-order valence-corrected chi connectivity index (χ4v) is 3.28. The van der Waals surface area contributed by atoms with Gasteiger partial charge in [0.15, 0.2) is 0 Å². The molecule has 0 spiro atoms. The largest absolute Gasteiger partial charge is 0.392 e. The van der Waals surface area contributed by atoms with E-state index in [0.717, 1.165) is 31.9 Å². The van der Waals surface area contributed by atoms with Crippen molar-refractivity contribution in [1.82, 2.24) is 19.6 Å². The van der Waals surface area contributed by atoms with Gasteiger partial charge in [-0.15, -0.1) is 0 Å². The first-order valence-electron chi connectivity index (χ1n) is 8.88. The van der Waals surface area contributed by atoms with Gasteiger partial charge in [0.1, 0.15) is 5.82 Å². The highest BCUT2D eigenvalue weighted by molar-refractivity contribution is 5.91. The van der Waals surface area contributed by atoms with Crippen LogP contribution in [-0.2, 0) is 4.79 Å². The number of anilines is 1. The summed E-state index contributed by atoms with van der Waals surface area (Å²) >= 11 is 0. The van der Waals surface area contributed by atoms with Gasteiger partial charge in [-0.1, -0.05) is 6.92 Å². The maximum Gasteiger partial charge on any atom is 0.239 e. The second kappa shape index (κ2) is 8.60. The van der Waals surface area contributed by atoms with Crippen molar-refractivity contribution in [2.75, 3.05) is 38.0 Å². The number of piperazine rings is 1. The van der Waals surface area contributed by atoms with Crippen molar-refractivity contribution < 1.29 is 9.90 Å². The van der Waals surface area contributed by atoms with Crippen LogP contribution in [-0.4, -0.2) is 75.5 Å². The third-order valence-corrected chi connectivity index (χ3v) is 4.45. The lowest BCUT2D eigenvalue weighted by Gasteiger charge is -2.41. The van der Waals surface area contributed by atoms with Crippen molar-refractivity contribution in [3.05, 3.63) is 12.3 Å². The van der Waals surface area contributed by atoms with E-state index in [9.17, 15) is 9.90 Å². The van der Waals surface area contributed by atoms with Gasteiger partial charge in [0.2, 0.25) is 5.91 Å². The third kappa shape index (κ3) is 5.03. The topological polar surface area (TPSA) is 73.6 Å². The zero-order valence-electron chi connectivity index (χ0n) is 15.3. The Balaban J connectivity index is 1.87. The summed E-state index contributed by atoms with van der Waals surface area (Å²) < 4.78 is 1.81. The monoisotopic (exact) mass is 337 g/mol. The summed E-state index contributed by atoms with van der Waals surface area (Å²) in [6.07, 6.45) is 2.41. The molecule has 7 heteroatoms. The maximum absolute atomic E-state index is 12.4. The molecule has 0 aromatic carbocycles. The minimum absolute atomic E-state index is 0.00349. The van der Waals surface area contributed by atoms with E-state index in [1.54, 1.807) is 6.20 Å². The lowest BCUT2D eigenvalue weighted by Crippen LogP contribution is -2.55. The molecule has 2 heterocycles. The van der Waals surface area contributed by atoms with Gasteiger partial charge in [-0.25, -0.2) is 4.68 Å². The Morgan fingerprint density at radius 2 is 2.17 bits per heavy atom. The Kier molecular flexibility index (Phi) is 6.77. The highest BCUT2D eigenvalue weighted by Crippen LogP contribution is 2.15. The van der Waals surface area contributed by atoms with E-state index in [-0.39, 0.29) is 18.1 Å². The van der Waals surface area contributed by atoms with Crippen molar-refractivity contribution in [2.45, 2.75) is 52.3 Å². The Morgan fingerprint density at radius 1 is 1.42 bits per heavy atom. The Labute approximate surface area is 144 Å². The molecule has 1 aliphatic rings. The van der Waals surface area contributed by atoms with Crippen molar-refractivity contribution in [2.24, 2.45) is 0 Å². The average Bonchev–Trinajstić information content (AvgIpc) is 2.96. The molecule has 7 nitrogen and oxygen atoms in total. The number of carbonyl (C=O) groups is 1. The second-order valence-corrected chi connectivity index (χ2v) is 6.94. The lowest BCUT2D eigenvalue weighted by molar-refractivity contribution is -0.118. The summed E-state index contributed by atoms with van der Waals surface area (Å²) in [5.41, 5.74) is 0. The van der Waals surface area contributed by atoms with Gasteiger partial charge in [0.05, 0.1) is 18.8 Å². The number of amides is 1. The van der Waals surface area contributed by atoms with Crippen LogP contribution in [0.25, 0.3) is 0 Å². The fourth-order valence-electron chi connectivity index (χ4n) is 3.28. The number of hydrogen-bond donors (Lipinski definition) is 2. The van der Waals surface area contributed by atoms with Crippen molar-refractivity contribution in [3.8, 4) is 0 Å². The molecule has 0 saturated carbocycles. The van der Waals surface area contributed by atoms with Crippen LogP contribution in [0.4, 0.5) is 5.82 Å². The van der Waals surface area contributed by atoms with Gasteiger partial charge in [0, 0.05) is 44.3 Å². The molecule has 0 radical (unpaired) electrons. The quantitative estimate of drug-likeness (QED) is 0.782. The average molecular weight is 337 g/mol. The van der Waals surface area contributed by atoms with Gasteiger partial charge >= 0.3 is 0 Å². The van der Waals surface area contributed by atoms with Crippen LogP contribution in [0.15, 0.2) is 12.3 Å². The van der Waals surface area contributed by atoms with Crippen LogP contribution < -0.4 is 5.32 Å². The fraction of sp³-hybridized carbons (Fsp3) is 0.765. The van der Waals surface area contributed by atoms with E-state index in [0.29, 0.717) is 19.1 Å². The summed E-state index contributed by atoms with van der Waals surface area (Å²) in [7, 11) is 0. The number of hydrogen-bond acceptors (Lipinski definition) is 5. The molecule has 0 aliphatic carbocycles. The standard InChI is InChI=1S/C17H31N5O2/c1-5-15-11-20(8-9-21(15)10-14(4)23)12-17(24)19-16-6-7-18-22(16)13(2)3/h6-7,13-15,23H,5,8-12H2,1-4H3,(H,19,24)/t14-,15+/m0/s1. The van der Waals surface area contributed by atoms with Crippen molar-refractivity contribution in [1.29, 1.82) is 0 Å². The zero-order chi connectivity index (χ0) is 17.7. The van der Waals surface area contributed by atoms with Crippen molar-refractivity contribution in [3.63, 3.8) is 0 Å². The first-order chi connectivity index (χ1) is 11.4. The smallest absolute Gasteiger partial charge is 0.239 e. The van der Waals surface area contributed by atoms with E-state index in [4.69, 9.17) is 0 Å². The molecule has 1 fully saturated rings. The summed E-state index contributed by atoms with van der Waals surface area (Å²) in [5, 5.41) is 16.8. The van der Waals surface area contributed by atoms with E-state index >= 15 is 0 Å². The molecule has 1 aromatic heterocycles. The maximum atomic E-state index is 12.4. The number of carbonyl (C=O) groups excluding carboxylic acids is 1. The first-order valence-corrected chi connectivity index (χ1v) is 8.88. The van der Waals surface area contributed by atoms with Crippen LogP contribution in [0, 0.1) is 0 Å². The summed E-state index contributed by atoms with van der Waals surface area (Å²) in [6, 6.07) is 2.43. The number of β-amino-alcohol motifs (C(OH)–C–C–N with tert-alkyl or cyclic N) is 1. The van der Waals surface area contributed by atoms with E-state index < -0.39 is 0 Å². The molecule has 1 amide bonds. The highest BCUT2D eigenvalue weighted by Gasteiger charge is 2.27. The zero-order valence-corrected chi connectivity index (χ0v) is 15.3. The molecule has 2 N–H and O–H groups in total. The van der Waals surface area contributed by atoms with Crippen LogP contribution in [0.5, 0.6) is 0 Å². The Hall–Kier alpha value is -1.44. The van der Waals surface area contributed by atoms with Gasteiger partial charge < -0.3 is 10.4 Å². The number of nitrogens with one attached hydrogen (secondary N) is 1. The SMILES string of the molecule is CC[C@@H]1CN(CC(=O)Nc2ccnn2C(C)C)CCN1C[C@H](C)O. The van der Waals surface area contributed by atoms with Crippen LogP contribution in [0.3, 0.4) is 0 Å². The minimum atomic E-state index is -0.315. The summed E-state index contributed by atoms with van der Waals surface area (Å²) in [4.78, 5) is 16.9. The molecule has 136 valence electrons. The highest BCUT2D eigenvalue weighted by atomic mass is 16.3. The molecular formula is C17H31N5O2. The number of aliphatic hydroxyl groups excluding tert-OH is 1. The number of aromatic nitrogens is 2. The predicted octanol–water partition coefficient (Wildman–Crippen LogP) is 1.18. The van der Waals surface area contributed by atoms with Gasteiger partial charge in [-0.2, -0.15) is 5.10 Å². The first kappa shape index (κ1) is 18.9. The molecule has 1 saturated heterocycles. The lowest BCUT2D eigenvalue weighted by atomic mass is 10.1. The van der Waals surface area contributed by atoms with Crippen molar-refractivity contribution >= 4 is 11.7 Å². The number of rotatable bonds is 7. The molecule has 0 bridgehead atoms. The van der Waals surface area contributed by atoms with Crippen LogP contribution >= 0.6 is 0 Å². The Bertz CT molecular complexity index is 529. The van der Waals surface area contributed by atoms with E-state index in [2.05, 4.69) is 27.1 Å². The second-order valence-electron chi connectivity index (χ2n) is 6.94. The minimum Gasteiger partial charge on any atom is -0.392 e. The van der Waals surface area contributed by atoms with E-state index in [1.165, 1.54) is 0 Å². The molecule has 1 aliphatic heterocycles. The van der Waals surface area contributed by atoms with Gasteiger partial charge in [0.25, 0.3) is 0 Å². The molecular weight excluding hydrogens is 306 g/mol. The van der Waals surface area contributed by atoms with Crippen LogP contribution in [0.1, 0.15) is 40.2 Å². The molecule has 2 atom stereocenters. The summed E-state index contributed by atoms with van der Waals surface area (Å²) in [5.74, 6) is 0.742. The number of nitrogens with zero attached hydrogens (tertiary/aromatic N) is 4. The van der Waals surface area contributed by atoms with Crippen LogP contribution in [0.2, 0.25) is 0 Å². The van der Waals surface area contributed by atoms with Gasteiger partial charge in [-0.05, 0) is 27.2 Å². The third-order valence-electron chi connectivity index (χ3n) is 4.45. The normalized spacial score (nSPS) is 21.2. The Morgan fingerprint density at radius 3 is 2.79 bits per heavy atom.